The summed E-state index contributed by atoms with van der Waals surface area (Å²) in [5, 5.41) is 6.42. The molecule has 2 unspecified atom stereocenters. The maximum Gasteiger partial charge on any atom is 0.225 e. The highest BCUT2D eigenvalue weighted by Crippen LogP contribution is 2.30. The van der Waals surface area contributed by atoms with E-state index in [0.29, 0.717) is 19.5 Å². The molecule has 1 aromatic rings. The number of nitrogens with zero attached hydrogens (tertiary/aromatic N) is 1. The van der Waals surface area contributed by atoms with E-state index in [1.165, 1.54) is 0 Å². The Morgan fingerprint density at radius 2 is 2.04 bits per heavy atom. The predicted molar refractivity (Wildman–Crippen MR) is 104 cm³/mol. The maximum atomic E-state index is 13.0. The van der Waals surface area contributed by atoms with Gasteiger partial charge in [0.2, 0.25) is 11.8 Å². The molecule has 1 aliphatic heterocycles. The molecule has 2 fully saturated rings. The minimum Gasteiger partial charge on any atom is -0.496 e. The van der Waals surface area contributed by atoms with Crippen molar-refractivity contribution in [3.8, 4) is 5.75 Å². The second kappa shape index (κ2) is 9.22. The largest absolute Gasteiger partial charge is 0.496 e. The van der Waals surface area contributed by atoms with Crippen LogP contribution in [0.15, 0.2) is 24.3 Å². The van der Waals surface area contributed by atoms with Crippen molar-refractivity contribution in [2.45, 2.75) is 51.1 Å². The summed E-state index contributed by atoms with van der Waals surface area (Å²) >= 11 is 0. The van der Waals surface area contributed by atoms with Crippen molar-refractivity contribution >= 4 is 11.8 Å². The summed E-state index contributed by atoms with van der Waals surface area (Å²) in [4.78, 5) is 27.2. The fourth-order valence-electron chi connectivity index (χ4n) is 4.20. The Bertz CT molecular complexity index is 658. The van der Waals surface area contributed by atoms with Crippen molar-refractivity contribution in [2.24, 2.45) is 5.92 Å². The van der Waals surface area contributed by atoms with E-state index in [0.717, 1.165) is 43.5 Å². The molecule has 2 atom stereocenters. The van der Waals surface area contributed by atoms with Crippen LogP contribution in [-0.4, -0.2) is 49.5 Å². The third-order valence-electron chi connectivity index (χ3n) is 5.66. The molecule has 3 rings (SSSR count). The molecule has 0 radical (unpaired) electrons. The Hall–Kier alpha value is -2.08. The lowest BCUT2D eigenvalue weighted by Crippen LogP contribution is -2.50. The molecule has 1 heterocycles. The molecular formula is C21H31N3O3. The molecule has 1 saturated heterocycles. The van der Waals surface area contributed by atoms with Gasteiger partial charge in [-0.1, -0.05) is 31.0 Å². The van der Waals surface area contributed by atoms with Crippen molar-refractivity contribution in [2.75, 3.05) is 26.7 Å². The van der Waals surface area contributed by atoms with Gasteiger partial charge in [-0.3, -0.25) is 9.59 Å². The molecule has 148 valence electrons. The molecule has 2 N–H and O–H groups in total. The second-order valence-electron chi connectivity index (χ2n) is 7.64. The molecule has 2 aliphatic rings. The first-order valence-corrected chi connectivity index (χ1v) is 10.0. The molecule has 0 bridgehead atoms. The van der Waals surface area contributed by atoms with E-state index < -0.39 is 0 Å². The number of para-hydroxylation sites is 1. The molecule has 0 spiro atoms. The van der Waals surface area contributed by atoms with Gasteiger partial charge in [-0.15, -0.1) is 0 Å². The number of amides is 2. The third-order valence-corrected chi connectivity index (χ3v) is 5.66. The Morgan fingerprint density at radius 3 is 2.78 bits per heavy atom. The topological polar surface area (TPSA) is 70.7 Å². The highest BCUT2D eigenvalue weighted by Gasteiger charge is 2.31. The average molecular weight is 373 g/mol. The zero-order valence-electron chi connectivity index (χ0n) is 16.4. The molecule has 27 heavy (non-hydrogen) atoms. The van der Waals surface area contributed by atoms with Crippen LogP contribution in [0.2, 0.25) is 0 Å². The molecule has 1 aliphatic carbocycles. The van der Waals surface area contributed by atoms with E-state index in [4.69, 9.17) is 4.74 Å². The molecule has 0 aromatic heterocycles. The second-order valence-corrected chi connectivity index (χ2v) is 7.64. The van der Waals surface area contributed by atoms with E-state index in [9.17, 15) is 9.59 Å². The first-order valence-electron chi connectivity index (χ1n) is 10.0. The van der Waals surface area contributed by atoms with Crippen LogP contribution in [0.1, 0.15) is 50.6 Å². The monoisotopic (exact) mass is 373 g/mol. The number of ether oxygens (including phenoxy) is 1. The van der Waals surface area contributed by atoms with Gasteiger partial charge in [0.15, 0.2) is 0 Å². The minimum absolute atomic E-state index is 0.0554. The van der Waals surface area contributed by atoms with Crippen molar-refractivity contribution < 1.29 is 14.3 Å². The smallest absolute Gasteiger partial charge is 0.225 e. The number of nitrogens with one attached hydrogen (secondary N) is 2. The standard InChI is InChI=1S/C21H31N3O3/c1-15(23-21(26)16-7-3-4-8-16)13-20(25)24-12-11-22-14-18(24)17-9-5-6-10-19(17)27-2/h5-6,9-10,15-16,18,22H,3-4,7-8,11-14H2,1-2H3,(H,23,26). The molecule has 6 nitrogen and oxygen atoms in total. The lowest BCUT2D eigenvalue weighted by molar-refractivity contribution is -0.135. The number of carbonyl (C=O) groups is 2. The summed E-state index contributed by atoms with van der Waals surface area (Å²) in [7, 11) is 1.65. The number of hydrogen-bond acceptors (Lipinski definition) is 4. The molecule has 1 aromatic carbocycles. The lowest BCUT2D eigenvalue weighted by Gasteiger charge is -2.37. The van der Waals surface area contributed by atoms with Gasteiger partial charge in [-0.2, -0.15) is 0 Å². The first kappa shape index (κ1) is 19.7. The van der Waals surface area contributed by atoms with E-state index in [1.807, 2.05) is 36.1 Å². The van der Waals surface area contributed by atoms with Crippen LogP contribution in [0.4, 0.5) is 0 Å². The van der Waals surface area contributed by atoms with Crippen molar-refractivity contribution in [3.63, 3.8) is 0 Å². The highest BCUT2D eigenvalue weighted by atomic mass is 16.5. The quantitative estimate of drug-likeness (QED) is 0.802. The number of benzene rings is 1. The van der Waals surface area contributed by atoms with Gasteiger partial charge in [0, 0.05) is 43.6 Å². The fraction of sp³-hybridized carbons (Fsp3) is 0.619. The van der Waals surface area contributed by atoms with Gasteiger partial charge in [0.05, 0.1) is 13.2 Å². The van der Waals surface area contributed by atoms with Crippen LogP contribution in [-0.2, 0) is 9.59 Å². The first-order chi connectivity index (χ1) is 13.1. The zero-order chi connectivity index (χ0) is 19.2. The molecule has 1 saturated carbocycles. The Morgan fingerprint density at radius 1 is 1.30 bits per heavy atom. The van der Waals surface area contributed by atoms with Crippen LogP contribution in [0.25, 0.3) is 0 Å². The van der Waals surface area contributed by atoms with Gasteiger partial charge < -0.3 is 20.3 Å². The normalized spacial score (nSPS) is 21.7. The van der Waals surface area contributed by atoms with Gasteiger partial charge in [-0.05, 0) is 25.8 Å². The lowest BCUT2D eigenvalue weighted by atomic mass is 10.0. The van der Waals surface area contributed by atoms with Crippen LogP contribution in [0.5, 0.6) is 5.75 Å². The van der Waals surface area contributed by atoms with Gasteiger partial charge in [0.25, 0.3) is 0 Å². The summed E-state index contributed by atoms with van der Waals surface area (Å²) < 4.78 is 5.49. The molecular weight excluding hydrogens is 342 g/mol. The summed E-state index contributed by atoms with van der Waals surface area (Å²) in [6.45, 7) is 4.06. The Balaban J connectivity index is 1.63. The highest BCUT2D eigenvalue weighted by molar-refractivity contribution is 5.81. The SMILES string of the molecule is COc1ccccc1C1CNCCN1C(=O)CC(C)NC(=O)C1CCCC1. The summed E-state index contributed by atoms with van der Waals surface area (Å²) in [5.74, 6) is 1.11. The van der Waals surface area contributed by atoms with Crippen molar-refractivity contribution in [1.29, 1.82) is 0 Å². The number of piperazine rings is 1. The Labute approximate surface area is 161 Å². The van der Waals surface area contributed by atoms with Crippen LogP contribution < -0.4 is 15.4 Å². The van der Waals surface area contributed by atoms with Crippen LogP contribution in [0.3, 0.4) is 0 Å². The number of carbonyl (C=O) groups excluding carboxylic acids is 2. The van der Waals surface area contributed by atoms with Crippen LogP contribution in [0, 0.1) is 5.92 Å². The van der Waals surface area contributed by atoms with Gasteiger partial charge >= 0.3 is 0 Å². The van der Waals surface area contributed by atoms with E-state index in [1.54, 1.807) is 7.11 Å². The van der Waals surface area contributed by atoms with Gasteiger partial charge in [0.1, 0.15) is 5.75 Å². The van der Waals surface area contributed by atoms with E-state index in [2.05, 4.69) is 10.6 Å². The molecule has 2 amide bonds. The van der Waals surface area contributed by atoms with E-state index >= 15 is 0 Å². The summed E-state index contributed by atoms with van der Waals surface area (Å²) in [6, 6.07) is 7.64. The summed E-state index contributed by atoms with van der Waals surface area (Å²) in [6.07, 6.45) is 4.53. The minimum atomic E-state index is -0.154. The average Bonchev–Trinajstić information content (AvgIpc) is 3.23. The van der Waals surface area contributed by atoms with Crippen molar-refractivity contribution in [3.05, 3.63) is 29.8 Å². The van der Waals surface area contributed by atoms with Crippen molar-refractivity contribution in [1.82, 2.24) is 15.5 Å². The summed E-state index contributed by atoms with van der Waals surface area (Å²) in [5.41, 5.74) is 1.02. The maximum absolute atomic E-state index is 13.0. The van der Waals surface area contributed by atoms with Crippen LogP contribution >= 0.6 is 0 Å². The third kappa shape index (κ3) is 4.80. The van der Waals surface area contributed by atoms with Gasteiger partial charge in [-0.25, -0.2) is 0 Å². The molecule has 6 heteroatoms. The predicted octanol–water partition coefficient (Wildman–Crippen LogP) is 2.25. The zero-order valence-corrected chi connectivity index (χ0v) is 16.4. The van der Waals surface area contributed by atoms with E-state index in [-0.39, 0.29) is 29.8 Å². The number of rotatable bonds is 6. The number of hydrogen-bond donors (Lipinski definition) is 2. The Kier molecular flexibility index (Phi) is 6.72. The number of methoxy groups -OCH3 is 1. The fourth-order valence-corrected chi connectivity index (χ4v) is 4.20.